The maximum Gasteiger partial charge on any atom is 0.361 e. The van der Waals surface area contributed by atoms with Crippen molar-refractivity contribution in [3.63, 3.8) is 0 Å². The van der Waals surface area contributed by atoms with Crippen LogP contribution < -0.4 is 0 Å². The van der Waals surface area contributed by atoms with E-state index in [2.05, 4.69) is 13.2 Å². The largest absolute Gasteiger partial charge is 0.361 e. The maximum atomic E-state index is 12.8. The van der Waals surface area contributed by atoms with E-state index in [1.54, 1.807) is 6.08 Å². The minimum Gasteiger partial charge on any atom is -0.305 e. The van der Waals surface area contributed by atoms with Gasteiger partial charge in [-0.25, -0.2) is 0 Å². The number of hydrogen-bond acceptors (Lipinski definition) is 3. The Kier molecular flexibility index (Phi) is 6.79. The summed E-state index contributed by atoms with van der Waals surface area (Å²) in [5.41, 5.74) is 0.770. The zero-order valence-corrected chi connectivity index (χ0v) is 12.3. The summed E-state index contributed by atoms with van der Waals surface area (Å²) in [4.78, 5) is 0. The number of unbranched alkanes of at least 4 members (excludes halogenated alkanes) is 1. The van der Waals surface area contributed by atoms with Crippen LogP contribution >= 0.6 is 7.60 Å². The molecule has 1 atom stereocenters. The summed E-state index contributed by atoms with van der Waals surface area (Å²) in [6.07, 6.45) is 3.36. The molecule has 4 heteroatoms. The minimum atomic E-state index is -3.34. The normalized spacial score (nSPS) is 13.7. The van der Waals surface area contributed by atoms with Crippen LogP contribution in [-0.4, -0.2) is 13.2 Å². The molecule has 0 bridgehead atoms. The van der Waals surface area contributed by atoms with Crippen molar-refractivity contribution >= 4 is 12.9 Å². The molecule has 0 fully saturated rings. The maximum absolute atomic E-state index is 12.8. The molecule has 0 radical (unpaired) electrons. The molecule has 0 spiro atoms. The zero-order chi connectivity index (χ0) is 14.1. The summed E-state index contributed by atoms with van der Waals surface area (Å²) in [5, 5.41) is 0.394. The van der Waals surface area contributed by atoms with Crippen LogP contribution in [0.2, 0.25) is 0 Å². The first-order valence-electron chi connectivity index (χ1n) is 6.39. The predicted molar refractivity (Wildman–Crippen MR) is 80.1 cm³/mol. The number of benzene rings is 1. The monoisotopic (exact) mass is 280 g/mol. The van der Waals surface area contributed by atoms with Gasteiger partial charge in [0.1, 0.15) is 0 Å². The first-order chi connectivity index (χ1) is 9.14. The summed E-state index contributed by atoms with van der Waals surface area (Å²) in [7, 11) is -3.34. The lowest BCUT2D eigenvalue weighted by Gasteiger charge is -2.20. The fourth-order valence-electron chi connectivity index (χ4n) is 1.46. The van der Waals surface area contributed by atoms with Crippen molar-refractivity contribution in [2.45, 2.75) is 19.8 Å². The van der Waals surface area contributed by atoms with E-state index < -0.39 is 7.60 Å². The molecule has 0 aliphatic heterocycles. The van der Waals surface area contributed by atoms with Crippen LogP contribution in [0.25, 0.3) is 5.31 Å². The van der Waals surface area contributed by atoms with E-state index in [0.29, 0.717) is 11.9 Å². The van der Waals surface area contributed by atoms with Crippen LogP contribution in [0, 0.1) is 0 Å². The van der Waals surface area contributed by atoms with Crippen molar-refractivity contribution in [2.24, 2.45) is 0 Å². The Hall–Kier alpha value is -1.15. The van der Waals surface area contributed by atoms with E-state index in [9.17, 15) is 4.57 Å². The van der Waals surface area contributed by atoms with Gasteiger partial charge >= 0.3 is 7.60 Å². The molecule has 104 valence electrons. The Labute approximate surface area is 115 Å². The van der Waals surface area contributed by atoms with E-state index in [-0.39, 0.29) is 6.61 Å². The van der Waals surface area contributed by atoms with E-state index >= 15 is 0 Å². The second-order valence-corrected chi connectivity index (χ2v) is 6.13. The molecule has 0 saturated heterocycles. The lowest BCUT2D eigenvalue weighted by atomic mass is 10.2. The fourth-order valence-corrected chi connectivity index (χ4v) is 2.98. The second-order valence-electron chi connectivity index (χ2n) is 4.08. The van der Waals surface area contributed by atoms with Gasteiger partial charge in [-0.3, -0.25) is 4.57 Å². The van der Waals surface area contributed by atoms with Gasteiger partial charge in [-0.1, -0.05) is 56.3 Å². The summed E-state index contributed by atoms with van der Waals surface area (Å²) in [6, 6.07) is 9.31. The smallest absolute Gasteiger partial charge is 0.305 e. The summed E-state index contributed by atoms with van der Waals surface area (Å²) in [5.74, 6) is 0. The third-order valence-corrected chi connectivity index (χ3v) is 4.49. The highest BCUT2D eigenvalue weighted by Gasteiger charge is 2.29. The average Bonchev–Trinajstić information content (AvgIpc) is 2.45. The van der Waals surface area contributed by atoms with Gasteiger partial charge < -0.3 is 9.05 Å². The Balaban J connectivity index is 2.86. The van der Waals surface area contributed by atoms with Gasteiger partial charge in [-0.05, 0) is 12.0 Å². The molecule has 0 heterocycles. The van der Waals surface area contributed by atoms with Crippen molar-refractivity contribution in [3.8, 4) is 0 Å². The number of hydrogen-bond donors (Lipinski definition) is 0. The highest BCUT2D eigenvalue weighted by atomic mass is 31.2. The van der Waals surface area contributed by atoms with Crippen molar-refractivity contribution in [1.82, 2.24) is 0 Å². The first-order valence-corrected chi connectivity index (χ1v) is 7.93. The van der Waals surface area contributed by atoms with Crippen molar-refractivity contribution < 1.29 is 13.6 Å². The van der Waals surface area contributed by atoms with Crippen LogP contribution in [0.5, 0.6) is 0 Å². The molecule has 1 aromatic carbocycles. The van der Waals surface area contributed by atoms with E-state index in [0.717, 1.165) is 18.4 Å². The minimum absolute atomic E-state index is 0.176. The molecular formula is C15H21O3P. The molecule has 1 aromatic rings. The molecule has 19 heavy (non-hydrogen) atoms. The average molecular weight is 280 g/mol. The molecule has 1 rings (SSSR count). The van der Waals surface area contributed by atoms with E-state index in [4.69, 9.17) is 9.05 Å². The lowest BCUT2D eigenvalue weighted by Crippen LogP contribution is -2.00. The third-order valence-electron chi connectivity index (χ3n) is 2.56. The molecule has 0 N–H and O–H groups in total. The summed E-state index contributed by atoms with van der Waals surface area (Å²) in [6.45, 7) is 10.1. The Bertz CT molecular complexity index is 454. The first kappa shape index (κ1) is 15.9. The van der Waals surface area contributed by atoms with E-state index in [1.807, 2.05) is 37.3 Å². The lowest BCUT2D eigenvalue weighted by molar-refractivity contribution is 0.226. The van der Waals surface area contributed by atoms with Crippen LogP contribution in [0.3, 0.4) is 0 Å². The Morgan fingerprint density at radius 1 is 1.32 bits per heavy atom. The van der Waals surface area contributed by atoms with Crippen molar-refractivity contribution in [2.75, 3.05) is 13.2 Å². The molecule has 0 aromatic heterocycles. The quantitative estimate of drug-likeness (QED) is 0.368. The molecular weight excluding hydrogens is 259 g/mol. The fraction of sp³-hybridized carbons (Fsp3) is 0.333. The predicted octanol–water partition coefficient (Wildman–Crippen LogP) is 4.87. The van der Waals surface area contributed by atoms with Gasteiger partial charge in [0.05, 0.1) is 18.5 Å². The van der Waals surface area contributed by atoms with Crippen molar-refractivity contribution in [1.29, 1.82) is 0 Å². The number of rotatable bonds is 9. The summed E-state index contributed by atoms with van der Waals surface area (Å²) < 4.78 is 23.6. The molecule has 1 unspecified atom stereocenters. The highest BCUT2D eigenvalue weighted by molar-refractivity contribution is 7.65. The standard InChI is InChI=1S/C15H21O3P/c1-4-6-13-18-19(16,17-12-5-2)14(3)15-10-8-7-9-11-15/h5,7-11H,2-4,6,12-13H2,1H3. The molecule has 0 amide bonds. The van der Waals surface area contributed by atoms with Crippen LogP contribution in [0.15, 0.2) is 49.6 Å². The molecule has 3 nitrogen and oxygen atoms in total. The van der Waals surface area contributed by atoms with E-state index in [1.165, 1.54) is 0 Å². The Morgan fingerprint density at radius 3 is 2.58 bits per heavy atom. The zero-order valence-electron chi connectivity index (χ0n) is 11.4. The molecule has 0 saturated carbocycles. The van der Waals surface area contributed by atoms with Crippen LogP contribution in [0.4, 0.5) is 0 Å². The van der Waals surface area contributed by atoms with Gasteiger partial charge in [0.2, 0.25) is 0 Å². The van der Waals surface area contributed by atoms with Gasteiger partial charge in [0, 0.05) is 0 Å². The Morgan fingerprint density at radius 2 is 2.00 bits per heavy atom. The molecule has 0 aliphatic carbocycles. The van der Waals surface area contributed by atoms with Gasteiger partial charge in [-0.15, -0.1) is 6.58 Å². The van der Waals surface area contributed by atoms with Crippen LogP contribution in [0.1, 0.15) is 25.3 Å². The van der Waals surface area contributed by atoms with Gasteiger partial charge in [-0.2, -0.15) is 0 Å². The second kappa shape index (κ2) is 8.11. The van der Waals surface area contributed by atoms with Crippen LogP contribution in [-0.2, 0) is 13.6 Å². The SMILES string of the molecule is C=CCOP(=O)(OCCCC)C(=C)c1ccccc1. The van der Waals surface area contributed by atoms with Crippen molar-refractivity contribution in [3.05, 3.63) is 55.1 Å². The third kappa shape index (κ3) is 4.79. The summed E-state index contributed by atoms with van der Waals surface area (Å²) >= 11 is 0. The van der Waals surface area contributed by atoms with Gasteiger partial charge in [0.15, 0.2) is 0 Å². The van der Waals surface area contributed by atoms with Gasteiger partial charge in [0.25, 0.3) is 0 Å². The topological polar surface area (TPSA) is 35.5 Å². The molecule has 0 aliphatic rings. The highest BCUT2D eigenvalue weighted by Crippen LogP contribution is 2.59.